The quantitative estimate of drug-likeness (QED) is 0.613. The minimum absolute atomic E-state index is 0.0437. The van der Waals surface area contributed by atoms with E-state index in [1.165, 1.54) is 31.4 Å². The molecule has 2 rings (SSSR count). The summed E-state index contributed by atoms with van der Waals surface area (Å²) in [6, 6.07) is 6.46. The highest BCUT2D eigenvalue weighted by molar-refractivity contribution is 7.92. The molecule has 0 aliphatic carbocycles. The van der Waals surface area contributed by atoms with Crippen LogP contribution >= 0.6 is 23.2 Å². The number of nitrogens with one attached hydrogen (secondary N) is 1. The molecule has 128 valence electrons. The van der Waals surface area contributed by atoms with Crippen molar-refractivity contribution in [2.45, 2.75) is 11.8 Å². The summed E-state index contributed by atoms with van der Waals surface area (Å²) in [6.07, 6.45) is 0. The van der Waals surface area contributed by atoms with Gasteiger partial charge >= 0.3 is 0 Å². The first-order valence-corrected chi connectivity index (χ1v) is 8.71. The van der Waals surface area contributed by atoms with Gasteiger partial charge in [-0.15, -0.1) is 0 Å². The highest BCUT2D eigenvalue weighted by Crippen LogP contribution is 2.37. The average Bonchev–Trinajstić information content (AvgIpc) is 2.51. The van der Waals surface area contributed by atoms with E-state index in [2.05, 4.69) is 4.72 Å². The molecule has 0 aromatic heterocycles. The Bertz CT molecular complexity index is 916. The predicted molar refractivity (Wildman–Crippen MR) is 91.7 cm³/mol. The van der Waals surface area contributed by atoms with Crippen LogP contribution in [-0.4, -0.2) is 20.5 Å². The number of nitro groups is 1. The van der Waals surface area contributed by atoms with Crippen LogP contribution in [0.5, 0.6) is 5.75 Å². The van der Waals surface area contributed by atoms with Crippen molar-refractivity contribution < 1.29 is 18.1 Å². The molecule has 0 saturated carbocycles. The Morgan fingerprint density at radius 2 is 1.83 bits per heavy atom. The predicted octanol–water partition coefficient (Wildman–Crippen LogP) is 4.02. The Labute approximate surface area is 148 Å². The molecule has 0 fully saturated rings. The number of sulfonamides is 1. The molecule has 0 radical (unpaired) electrons. The van der Waals surface area contributed by atoms with E-state index >= 15 is 0 Å². The number of anilines is 1. The summed E-state index contributed by atoms with van der Waals surface area (Å²) in [6.45, 7) is 1.62. The molecule has 10 heteroatoms. The Kier molecular flexibility index (Phi) is 5.22. The van der Waals surface area contributed by atoms with Crippen LogP contribution in [0.1, 0.15) is 5.56 Å². The Hall–Kier alpha value is -2.03. The molecular formula is C14H12Cl2N2O5S. The summed E-state index contributed by atoms with van der Waals surface area (Å²) < 4.78 is 32.3. The Morgan fingerprint density at radius 1 is 1.17 bits per heavy atom. The van der Waals surface area contributed by atoms with Crippen molar-refractivity contribution in [2.75, 3.05) is 11.8 Å². The van der Waals surface area contributed by atoms with Crippen molar-refractivity contribution in [3.63, 3.8) is 0 Å². The Morgan fingerprint density at radius 3 is 2.42 bits per heavy atom. The van der Waals surface area contributed by atoms with Crippen molar-refractivity contribution in [2.24, 2.45) is 0 Å². The Balaban J connectivity index is 2.48. The smallest absolute Gasteiger partial charge is 0.271 e. The molecule has 0 atom stereocenters. The first-order chi connectivity index (χ1) is 11.2. The number of non-ortho nitro benzene ring substituents is 1. The van der Waals surface area contributed by atoms with Gasteiger partial charge in [-0.1, -0.05) is 29.3 Å². The van der Waals surface area contributed by atoms with E-state index in [1.54, 1.807) is 6.92 Å². The van der Waals surface area contributed by atoms with E-state index in [9.17, 15) is 18.5 Å². The average molecular weight is 391 g/mol. The summed E-state index contributed by atoms with van der Waals surface area (Å²) in [5.41, 5.74) is 0.351. The zero-order valence-electron chi connectivity index (χ0n) is 12.5. The second-order valence-electron chi connectivity index (χ2n) is 4.76. The van der Waals surface area contributed by atoms with E-state index in [0.29, 0.717) is 5.56 Å². The van der Waals surface area contributed by atoms with Crippen LogP contribution in [0, 0.1) is 17.0 Å². The molecule has 0 heterocycles. The van der Waals surface area contributed by atoms with Gasteiger partial charge < -0.3 is 4.74 Å². The molecular weight excluding hydrogens is 379 g/mol. The molecule has 0 unspecified atom stereocenters. The summed E-state index contributed by atoms with van der Waals surface area (Å²) >= 11 is 12.0. The number of hydrogen-bond donors (Lipinski definition) is 1. The molecule has 0 aliphatic rings. The summed E-state index contributed by atoms with van der Waals surface area (Å²) in [7, 11) is -2.73. The van der Waals surface area contributed by atoms with Crippen LogP contribution in [0.3, 0.4) is 0 Å². The topological polar surface area (TPSA) is 98.5 Å². The highest BCUT2D eigenvalue weighted by atomic mass is 35.5. The maximum Gasteiger partial charge on any atom is 0.271 e. The number of halogens is 2. The van der Waals surface area contributed by atoms with Gasteiger partial charge in [0.15, 0.2) is 0 Å². The highest BCUT2D eigenvalue weighted by Gasteiger charge is 2.23. The molecule has 2 aromatic carbocycles. The van der Waals surface area contributed by atoms with Crippen molar-refractivity contribution in [3.05, 3.63) is 56.1 Å². The van der Waals surface area contributed by atoms with Crippen molar-refractivity contribution in [3.8, 4) is 5.75 Å². The fourth-order valence-electron chi connectivity index (χ4n) is 1.91. The first kappa shape index (κ1) is 18.3. The third-order valence-corrected chi connectivity index (χ3v) is 5.58. The van der Waals surface area contributed by atoms with E-state index in [1.807, 2.05) is 0 Å². The van der Waals surface area contributed by atoms with Gasteiger partial charge in [0.05, 0.1) is 22.7 Å². The lowest BCUT2D eigenvalue weighted by atomic mass is 10.2. The number of ether oxygens (including phenoxy) is 1. The molecule has 0 saturated heterocycles. The van der Waals surface area contributed by atoms with Gasteiger partial charge in [-0.3, -0.25) is 14.8 Å². The molecule has 1 N–H and O–H groups in total. The molecule has 24 heavy (non-hydrogen) atoms. The van der Waals surface area contributed by atoms with Crippen molar-refractivity contribution in [1.82, 2.24) is 0 Å². The summed E-state index contributed by atoms with van der Waals surface area (Å²) in [4.78, 5) is 9.97. The van der Waals surface area contributed by atoms with Crippen LogP contribution in [0.2, 0.25) is 10.0 Å². The van der Waals surface area contributed by atoms with E-state index in [0.717, 1.165) is 6.07 Å². The lowest BCUT2D eigenvalue weighted by Crippen LogP contribution is -2.14. The lowest BCUT2D eigenvalue weighted by Gasteiger charge is -2.13. The van der Waals surface area contributed by atoms with Gasteiger partial charge in [0.1, 0.15) is 15.7 Å². The van der Waals surface area contributed by atoms with Gasteiger partial charge in [0, 0.05) is 12.1 Å². The van der Waals surface area contributed by atoms with Crippen molar-refractivity contribution in [1.29, 1.82) is 0 Å². The van der Waals surface area contributed by atoms with E-state index < -0.39 is 14.9 Å². The number of benzene rings is 2. The summed E-state index contributed by atoms with van der Waals surface area (Å²) in [5.74, 6) is 0.229. The van der Waals surface area contributed by atoms with Crippen LogP contribution < -0.4 is 9.46 Å². The fraction of sp³-hybridized carbons (Fsp3) is 0.143. The molecule has 0 bridgehead atoms. The van der Waals surface area contributed by atoms with Gasteiger partial charge in [0.2, 0.25) is 0 Å². The molecule has 7 nitrogen and oxygen atoms in total. The maximum atomic E-state index is 12.5. The minimum atomic E-state index is -4.10. The zero-order chi connectivity index (χ0) is 18.1. The summed E-state index contributed by atoms with van der Waals surface area (Å²) in [5, 5.41) is 10.6. The number of nitro benzene ring substituents is 1. The van der Waals surface area contributed by atoms with Crippen LogP contribution in [0.25, 0.3) is 0 Å². The molecule has 0 amide bonds. The first-order valence-electron chi connectivity index (χ1n) is 6.47. The maximum absolute atomic E-state index is 12.5. The van der Waals surface area contributed by atoms with Crippen molar-refractivity contribution >= 4 is 44.6 Å². The normalized spacial score (nSPS) is 11.2. The van der Waals surface area contributed by atoms with Crippen LogP contribution in [0.4, 0.5) is 11.4 Å². The van der Waals surface area contributed by atoms with E-state index in [-0.39, 0.29) is 32.1 Å². The largest absolute Gasteiger partial charge is 0.495 e. The molecule has 0 spiro atoms. The number of rotatable bonds is 5. The number of nitrogens with zero attached hydrogens (tertiary/aromatic N) is 1. The zero-order valence-corrected chi connectivity index (χ0v) is 14.9. The monoisotopic (exact) mass is 390 g/mol. The second kappa shape index (κ2) is 6.84. The van der Waals surface area contributed by atoms with Gasteiger partial charge in [-0.2, -0.15) is 0 Å². The lowest BCUT2D eigenvalue weighted by molar-refractivity contribution is -0.384. The van der Waals surface area contributed by atoms with Gasteiger partial charge in [0.25, 0.3) is 15.7 Å². The van der Waals surface area contributed by atoms with Gasteiger partial charge in [-0.25, -0.2) is 8.42 Å². The fourth-order valence-corrected chi connectivity index (χ4v) is 3.88. The van der Waals surface area contributed by atoms with Crippen LogP contribution in [-0.2, 0) is 10.0 Å². The number of aryl methyl sites for hydroxylation is 1. The minimum Gasteiger partial charge on any atom is -0.495 e. The van der Waals surface area contributed by atoms with Gasteiger partial charge in [-0.05, 0) is 24.6 Å². The van der Waals surface area contributed by atoms with E-state index in [4.69, 9.17) is 27.9 Å². The van der Waals surface area contributed by atoms with Crippen LogP contribution in [0.15, 0.2) is 35.2 Å². The number of hydrogen-bond acceptors (Lipinski definition) is 5. The standard InChI is InChI=1S/C14H12Cl2N2O5S/c1-8-3-4-9(18(19)20)7-10(8)17-24(21,22)12-6-5-11(23-2)13(15)14(12)16/h3-7,17H,1-2H3. The number of methoxy groups -OCH3 is 1. The second-order valence-corrected chi connectivity index (χ2v) is 7.16. The SMILES string of the molecule is COc1ccc(S(=O)(=O)Nc2cc([N+](=O)[O-])ccc2C)c(Cl)c1Cl. The third kappa shape index (κ3) is 3.55. The third-order valence-electron chi connectivity index (χ3n) is 3.20. The molecule has 2 aromatic rings. The molecule has 0 aliphatic heterocycles.